The summed E-state index contributed by atoms with van der Waals surface area (Å²) in [6.07, 6.45) is -11.5. The summed E-state index contributed by atoms with van der Waals surface area (Å²) in [5.74, 6) is -8.86. The van der Waals surface area contributed by atoms with Gasteiger partial charge in [0.05, 0.1) is 57.0 Å². The van der Waals surface area contributed by atoms with Gasteiger partial charge < -0.3 is 92.1 Å². The molecular weight excluding hydrogens is 1740 g/mol. The Morgan fingerprint density at radius 3 is 1.07 bits per heavy atom. The Hall–Kier alpha value is -13.1. The van der Waals surface area contributed by atoms with E-state index in [4.69, 9.17) is 49.9 Å². The lowest BCUT2D eigenvalue weighted by atomic mass is 9.92. The number of ether oxygens (including phenoxy) is 3. The van der Waals surface area contributed by atoms with Gasteiger partial charge >= 0.3 is 18.1 Å². The Morgan fingerprint density at radius 2 is 0.725 bits per heavy atom. The molecule has 12 atom stereocenters. The third-order valence-corrected chi connectivity index (χ3v) is 23.0. The maximum absolute atomic E-state index is 14.1. The minimum Gasteiger partial charge on any atom is -0.483 e. The Balaban J connectivity index is 0.000000253. The molecule has 738 valence electrons. The van der Waals surface area contributed by atoms with E-state index in [1.165, 1.54) is 23.6 Å². The largest absolute Gasteiger partial charge is 0.483 e. The van der Waals surface area contributed by atoms with E-state index in [9.17, 15) is 62.6 Å². The summed E-state index contributed by atoms with van der Waals surface area (Å²) in [5.41, 5.74) is 2.28. The van der Waals surface area contributed by atoms with E-state index in [0.29, 0.717) is 82.9 Å². The molecule has 27 heteroatoms. The number of nitrogens with one attached hydrogen (secondary N) is 9. The molecular formula is C111H144N12O15. The second-order valence-electron chi connectivity index (χ2n) is 34.9. The van der Waals surface area contributed by atoms with Crippen molar-refractivity contribution in [1.29, 1.82) is 0 Å². The molecule has 0 aromatic heterocycles. The number of aliphatic hydroxyl groups is 3. The molecule has 12 amide bonds. The van der Waals surface area contributed by atoms with Crippen molar-refractivity contribution in [3.8, 4) is 17.2 Å². The first-order valence-corrected chi connectivity index (χ1v) is 45.9. The molecule has 0 bridgehead atoms. The van der Waals surface area contributed by atoms with Crippen LogP contribution in [0.5, 0.6) is 17.2 Å². The smallest absolute Gasteiger partial charge is 0.318 e. The van der Waals surface area contributed by atoms with Crippen LogP contribution in [0.4, 0.5) is 14.4 Å². The number of hydrogen-bond donors (Lipinski definition) is 12. The third kappa shape index (κ3) is 33.7. The zero-order valence-electron chi connectivity index (χ0n) is 108. The van der Waals surface area contributed by atoms with E-state index in [2.05, 4.69) is 37.2 Å². The number of amides is 12. The van der Waals surface area contributed by atoms with Crippen LogP contribution in [0.25, 0.3) is 0 Å². The highest BCUT2D eigenvalue weighted by molar-refractivity contribution is 5.90. The van der Waals surface area contributed by atoms with Crippen LogP contribution in [0.1, 0.15) is 187 Å². The molecule has 27 nitrogen and oxygen atoms in total. The fraction of sp³-hybridized carbons (Fsp3) is 0.432. The van der Waals surface area contributed by atoms with Crippen molar-refractivity contribution in [3.05, 3.63) is 303 Å². The van der Waals surface area contributed by atoms with Gasteiger partial charge in [-0.25, -0.2) is 14.4 Å². The van der Waals surface area contributed by atoms with Crippen LogP contribution in [0, 0.1) is 59.2 Å². The van der Waals surface area contributed by atoms with E-state index in [1.807, 2.05) is 42.7 Å². The quantitative estimate of drug-likeness (QED) is 0.0169. The first kappa shape index (κ1) is 72.2. The molecule has 3 aliphatic heterocycles. The number of carbonyl (C=O) groups is 9. The molecule has 12 N–H and O–H groups in total. The molecule has 9 aromatic rings. The molecule has 0 aliphatic carbocycles. The fourth-order valence-electron chi connectivity index (χ4n) is 16.3. The predicted molar refractivity (Wildman–Crippen MR) is 539 cm³/mol. The highest BCUT2D eigenvalue weighted by atomic mass is 16.5. The number of hydrogen-bond acceptors (Lipinski definition) is 15. The van der Waals surface area contributed by atoms with Gasteiger partial charge in [-0.1, -0.05) is 278 Å². The Morgan fingerprint density at radius 1 is 0.399 bits per heavy atom. The van der Waals surface area contributed by atoms with E-state index in [0.717, 1.165) is 11.1 Å². The number of benzene rings is 9. The molecule has 0 saturated carbocycles. The third-order valence-electron chi connectivity index (χ3n) is 23.0. The van der Waals surface area contributed by atoms with Crippen LogP contribution < -0.4 is 62.1 Å². The van der Waals surface area contributed by atoms with Crippen LogP contribution in [-0.2, 0) is 67.2 Å². The van der Waals surface area contributed by atoms with Crippen molar-refractivity contribution in [2.75, 3.05) is 58.8 Å². The lowest BCUT2D eigenvalue weighted by Gasteiger charge is -2.37. The molecule has 138 heavy (non-hydrogen) atoms. The van der Waals surface area contributed by atoms with Crippen molar-refractivity contribution < 1.29 is 112 Å². The Bertz CT molecular complexity index is 6760. The van der Waals surface area contributed by atoms with Gasteiger partial charge in [-0.15, -0.1) is 0 Å². The standard InChI is InChI=1S/3C37H48N4O5/c3*1-25(2)34(41-20-12-19-38-37(41)45)36(44)39-30(21-28-15-7-5-8-16-28)23-32(42)31(22-29-17-9-6-10-18-29)40-33(43)24-46-35-26(3)13-11-14-27(35)4/h3*5-11,13-18,25,30-32,34,42H,12,19-24H2,1-4H3,(H,38,45)(H,39,44)(H,40,43)/t3*30-,31-,32-,34-/m000/s1/i6D,9D,10D,17D,18D,22D2,24D2,31D;3D3,4D3,11D,13D,14D,24D2;12D2,19D2,20D2,24D2. The maximum atomic E-state index is 14.1. The summed E-state index contributed by atoms with van der Waals surface area (Å²) in [7, 11) is 0. The molecule has 0 radical (unpaired) electrons. The molecule has 0 spiro atoms. The van der Waals surface area contributed by atoms with Crippen LogP contribution in [-0.4, -0.2) is 215 Å². The zero-order chi connectivity index (χ0) is 125. The van der Waals surface area contributed by atoms with Crippen molar-refractivity contribution in [2.24, 2.45) is 17.8 Å². The second kappa shape index (κ2) is 54.7. The van der Waals surface area contributed by atoms with Gasteiger partial charge in [0.15, 0.2) is 19.7 Å². The average Bonchev–Trinajstić information content (AvgIpc) is 0.709. The summed E-state index contributed by atoms with van der Waals surface area (Å²) in [6.45, 7) is -4.24. The summed E-state index contributed by atoms with van der Waals surface area (Å²) >= 11 is 0. The van der Waals surface area contributed by atoms with E-state index in [-0.39, 0.29) is 74.3 Å². The molecule has 9 aromatic carbocycles. The Labute approximate surface area is 855 Å². The minimum atomic E-state index is -3.55. The summed E-state index contributed by atoms with van der Waals surface area (Å²) in [4.78, 5) is 125. The highest BCUT2D eigenvalue weighted by Gasteiger charge is 2.40. The van der Waals surface area contributed by atoms with Crippen molar-refractivity contribution in [3.63, 3.8) is 0 Å². The number of para-hydroxylation sites is 3. The molecule has 3 aliphatic rings. The lowest BCUT2D eigenvalue weighted by Crippen LogP contribution is -2.59. The average molecular weight is 1920 g/mol. The number of nitrogens with zero attached hydrogens (tertiary/aromatic N) is 3. The van der Waals surface area contributed by atoms with E-state index in [1.54, 1.807) is 211 Å². The maximum Gasteiger partial charge on any atom is 0.318 e. The number of carbonyl (C=O) groups excluding carboxylic acids is 9. The molecule has 12 rings (SSSR count). The Kier molecular flexibility index (Phi) is 28.7. The zero-order valence-corrected chi connectivity index (χ0v) is 79.0. The number of aliphatic hydroxyl groups excluding tert-OH is 3. The number of urea groups is 3. The van der Waals surface area contributed by atoms with E-state index >= 15 is 0 Å². The first-order valence-electron chi connectivity index (χ1n) is 60.4. The first-order chi connectivity index (χ1) is 77.7. The van der Waals surface area contributed by atoms with Gasteiger partial charge in [-0.2, -0.15) is 0 Å². The van der Waals surface area contributed by atoms with Gasteiger partial charge in [-0.05, 0) is 203 Å². The highest BCUT2D eigenvalue weighted by Crippen LogP contribution is 2.29. The van der Waals surface area contributed by atoms with Crippen molar-refractivity contribution in [1.82, 2.24) is 62.6 Å². The number of rotatable bonds is 45. The van der Waals surface area contributed by atoms with Crippen LogP contribution >= 0.6 is 0 Å². The second-order valence-corrected chi connectivity index (χ2v) is 34.9. The minimum absolute atomic E-state index is 0.00115. The van der Waals surface area contributed by atoms with Gasteiger partial charge in [0.2, 0.25) is 17.7 Å². The molecule has 0 unspecified atom stereocenters. The molecule has 3 heterocycles. The summed E-state index contributed by atoms with van der Waals surface area (Å²) in [5, 5.41) is 58.7. The van der Waals surface area contributed by atoms with Gasteiger partial charge in [0, 0.05) is 76.5 Å². The van der Waals surface area contributed by atoms with Gasteiger partial charge in [0.25, 0.3) is 17.7 Å². The van der Waals surface area contributed by atoms with Crippen LogP contribution in [0.2, 0.25) is 0 Å². The summed E-state index contributed by atoms with van der Waals surface area (Å²) < 4.78 is 259. The van der Waals surface area contributed by atoms with Crippen molar-refractivity contribution in [2.45, 2.75) is 233 Å². The molecule has 3 fully saturated rings. The summed E-state index contributed by atoms with van der Waals surface area (Å²) in [6, 6.07) is 32.1. The van der Waals surface area contributed by atoms with Gasteiger partial charge in [-0.3, -0.25) is 28.8 Å². The predicted octanol–water partition coefficient (Wildman–Crippen LogP) is 13.0. The fourth-order valence-corrected chi connectivity index (χ4v) is 16.3. The molecule has 3 saturated heterocycles. The van der Waals surface area contributed by atoms with Crippen molar-refractivity contribution >= 4 is 53.5 Å². The van der Waals surface area contributed by atoms with E-state index < -0.39 is 262 Å². The topological polar surface area (TPSA) is 360 Å². The van der Waals surface area contributed by atoms with Crippen LogP contribution in [0.15, 0.2) is 236 Å². The van der Waals surface area contributed by atoms with Crippen LogP contribution in [0.3, 0.4) is 0 Å². The normalized spacial score (nSPS) is 20.8. The van der Waals surface area contributed by atoms with Gasteiger partial charge in [0.1, 0.15) is 35.4 Å². The monoisotopic (exact) mass is 1910 g/mol. The number of aryl methyl sites for hydroxylation is 4. The SMILES string of the molecule is [2H]C([2H])(Oc1c(C)cccc1C)C(=O)N[C@@H](Cc1ccccc1)[C@@H](O)C[C@H](Cc1ccccc1)NC(=O)[C@H](C(C)C)N1C(=O)NC([2H])([2H])C([2H])([2H])C1([2H])[2H].[2H]c1c([2H])c(C([2H])([2H])[2H])c(OC([2H])([2H])C(=O)N[C@@H](Cc2ccccc2)[C@@H](O)C[C@H](Cc2ccccc2)NC(=O)[C@H](C(C)C)N2CCCNC2=O)c(C([2H])([2H])[2H])c1[2H].[2H]c1c([2H])c([2H])c(C([2H])([2H])[C@]([2H])(NC(=O)C([2H])([2H])Oc2c(C)cccc2C)[C@@H](O)C[C@H](Cc2ccccc2)NC(=O)[C@H](C(C)C)N2CCCNC2=O)c([2H])c1[2H]. The lowest BCUT2D eigenvalue weighted by molar-refractivity contribution is -0.129.